The van der Waals surface area contributed by atoms with Crippen LogP contribution in [0.4, 0.5) is 5.82 Å². The Morgan fingerprint density at radius 3 is 2.69 bits per heavy atom. The minimum Gasteiger partial charge on any atom is -0.362 e. The molecule has 2 aromatic rings. The normalized spacial score (nSPS) is 21.0. The first-order valence-corrected chi connectivity index (χ1v) is 10.6. The number of aromatic nitrogens is 1. The Morgan fingerprint density at radius 2 is 2.03 bits per heavy atom. The van der Waals surface area contributed by atoms with E-state index < -0.39 is 0 Å². The summed E-state index contributed by atoms with van der Waals surface area (Å²) in [6, 6.07) is 7.67. The van der Waals surface area contributed by atoms with Crippen LogP contribution in [0.25, 0.3) is 0 Å². The lowest BCUT2D eigenvalue weighted by molar-refractivity contribution is -0.118. The van der Waals surface area contributed by atoms with Crippen LogP contribution in [0.3, 0.4) is 0 Å². The minimum atomic E-state index is -0.347. The van der Waals surface area contributed by atoms with Crippen molar-refractivity contribution >= 4 is 28.8 Å². The van der Waals surface area contributed by atoms with Crippen molar-refractivity contribution < 1.29 is 9.59 Å². The van der Waals surface area contributed by atoms with Gasteiger partial charge in [0.05, 0.1) is 5.92 Å². The van der Waals surface area contributed by atoms with Gasteiger partial charge in [-0.05, 0) is 48.8 Å². The molecule has 0 aromatic carbocycles. The average Bonchev–Trinajstić information content (AvgIpc) is 3.15. The first-order valence-electron chi connectivity index (χ1n) is 9.76. The summed E-state index contributed by atoms with van der Waals surface area (Å²) >= 11 is 1.57. The van der Waals surface area contributed by atoms with Crippen LogP contribution in [0, 0.1) is 12.3 Å². The maximum atomic E-state index is 13.3. The van der Waals surface area contributed by atoms with Crippen molar-refractivity contribution in [1.29, 1.82) is 0 Å². The van der Waals surface area contributed by atoms with Crippen LogP contribution in [-0.4, -0.2) is 16.7 Å². The molecule has 1 aliphatic heterocycles. The third-order valence-electron chi connectivity index (χ3n) is 5.47. The molecule has 6 heteroatoms. The molecule has 1 amide bonds. The summed E-state index contributed by atoms with van der Waals surface area (Å²) in [7, 11) is 0. The fourth-order valence-corrected chi connectivity index (χ4v) is 5.05. The Kier molecular flexibility index (Phi) is 4.90. The number of nitrogens with zero attached hydrogens (tertiary/aromatic N) is 1. The van der Waals surface area contributed by atoms with Crippen LogP contribution in [0.15, 0.2) is 58.4 Å². The van der Waals surface area contributed by atoms with Crippen molar-refractivity contribution in [3.8, 4) is 0 Å². The zero-order valence-electron chi connectivity index (χ0n) is 17.1. The number of carbonyl (C=O) groups excluding carboxylic acids is 2. The van der Waals surface area contributed by atoms with Crippen molar-refractivity contribution in [2.24, 2.45) is 5.41 Å². The second-order valence-corrected chi connectivity index (χ2v) is 9.60. The summed E-state index contributed by atoms with van der Waals surface area (Å²) in [5.74, 6) is 0.0457. The smallest absolute Gasteiger partial charge is 0.255 e. The summed E-state index contributed by atoms with van der Waals surface area (Å²) in [5.41, 5.74) is 4.00. The Balaban J connectivity index is 1.75. The van der Waals surface area contributed by atoms with Crippen molar-refractivity contribution in [1.82, 2.24) is 10.3 Å². The summed E-state index contributed by atoms with van der Waals surface area (Å²) in [5, 5.41) is 8.28. The number of aryl methyl sites for hydroxylation is 1. The molecule has 1 aliphatic carbocycles. The minimum absolute atomic E-state index is 0.0885. The van der Waals surface area contributed by atoms with E-state index in [2.05, 4.69) is 29.5 Å². The molecule has 0 spiro atoms. The van der Waals surface area contributed by atoms with Gasteiger partial charge in [-0.2, -0.15) is 0 Å². The number of Topliss-reactive ketones (excluding diaryl/α,β-unsaturated/α-hetero) is 1. The van der Waals surface area contributed by atoms with Crippen molar-refractivity contribution in [2.45, 2.75) is 46.5 Å². The van der Waals surface area contributed by atoms with Crippen LogP contribution < -0.4 is 10.6 Å². The highest BCUT2D eigenvalue weighted by molar-refractivity contribution is 7.10. The highest BCUT2D eigenvalue weighted by atomic mass is 32.1. The van der Waals surface area contributed by atoms with Gasteiger partial charge in [0, 0.05) is 40.0 Å². The molecule has 2 N–H and O–H groups in total. The van der Waals surface area contributed by atoms with Gasteiger partial charge in [-0.25, -0.2) is 4.98 Å². The van der Waals surface area contributed by atoms with Gasteiger partial charge in [0.25, 0.3) is 5.91 Å². The van der Waals surface area contributed by atoms with E-state index in [1.165, 1.54) is 0 Å². The average molecular weight is 408 g/mol. The van der Waals surface area contributed by atoms with Gasteiger partial charge in [-0.3, -0.25) is 9.59 Å². The van der Waals surface area contributed by atoms with Gasteiger partial charge in [-0.1, -0.05) is 26.0 Å². The number of allylic oxidation sites excluding steroid dienone is 3. The van der Waals surface area contributed by atoms with Crippen LogP contribution in [0.1, 0.15) is 50.0 Å². The monoisotopic (exact) mass is 407 g/mol. The molecule has 3 heterocycles. The number of anilines is 1. The SMILES string of the molecule is CC1=C(C(=O)Nc2ccc(C)cn2)[C@@H](c2cccs2)C2=C(CC(C)(C)CC2=O)N1. The fourth-order valence-electron chi connectivity index (χ4n) is 4.20. The molecule has 29 heavy (non-hydrogen) atoms. The van der Waals surface area contributed by atoms with E-state index >= 15 is 0 Å². The molecule has 0 unspecified atom stereocenters. The molecule has 4 rings (SSSR count). The van der Waals surface area contributed by atoms with Crippen LogP contribution >= 0.6 is 11.3 Å². The number of dihydropyridines is 1. The molecule has 150 valence electrons. The van der Waals surface area contributed by atoms with Gasteiger partial charge in [0.1, 0.15) is 5.82 Å². The molecule has 0 saturated heterocycles. The lowest BCUT2D eigenvalue weighted by Gasteiger charge is -2.39. The van der Waals surface area contributed by atoms with Gasteiger partial charge < -0.3 is 10.6 Å². The number of hydrogen-bond donors (Lipinski definition) is 2. The number of ketones is 1. The summed E-state index contributed by atoms with van der Waals surface area (Å²) in [6.45, 7) is 8.09. The number of nitrogens with one attached hydrogen (secondary N) is 2. The standard InChI is InChI=1S/C23H25N3O2S/c1-13-7-8-18(24-12-13)26-22(28)19-14(2)25-15-10-23(3,4)11-16(27)20(15)21(19)17-6-5-9-29-17/h5-9,12,21,25H,10-11H2,1-4H3,(H,24,26,28)/t21-/m1/s1. The van der Waals surface area contributed by atoms with Gasteiger partial charge in [-0.15, -0.1) is 11.3 Å². The van der Waals surface area contributed by atoms with E-state index in [1.54, 1.807) is 23.6 Å². The van der Waals surface area contributed by atoms with E-state index in [-0.39, 0.29) is 23.0 Å². The van der Waals surface area contributed by atoms with E-state index in [0.717, 1.165) is 33.8 Å². The van der Waals surface area contributed by atoms with Crippen molar-refractivity contribution in [3.63, 3.8) is 0 Å². The van der Waals surface area contributed by atoms with Crippen LogP contribution in [0.5, 0.6) is 0 Å². The molecule has 2 aliphatic rings. The topological polar surface area (TPSA) is 71.1 Å². The Labute approximate surface area is 174 Å². The predicted octanol–water partition coefficient (Wildman–Crippen LogP) is 4.69. The summed E-state index contributed by atoms with van der Waals surface area (Å²) in [6.07, 6.45) is 3.00. The predicted molar refractivity (Wildman–Crippen MR) is 116 cm³/mol. The first-order chi connectivity index (χ1) is 13.7. The lowest BCUT2D eigenvalue weighted by atomic mass is 9.69. The maximum absolute atomic E-state index is 13.3. The van der Waals surface area contributed by atoms with Gasteiger partial charge in [0.2, 0.25) is 0 Å². The number of carbonyl (C=O) groups is 2. The zero-order valence-corrected chi connectivity index (χ0v) is 17.9. The third kappa shape index (κ3) is 3.77. The summed E-state index contributed by atoms with van der Waals surface area (Å²) in [4.78, 5) is 31.8. The van der Waals surface area contributed by atoms with E-state index in [1.807, 2.05) is 37.4 Å². The highest BCUT2D eigenvalue weighted by Gasteiger charge is 2.43. The number of rotatable bonds is 3. The summed E-state index contributed by atoms with van der Waals surface area (Å²) < 4.78 is 0. The number of amides is 1. The number of pyridine rings is 1. The van der Waals surface area contributed by atoms with Gasteiger partial charge in [0.15, 0.2) is 5.78 Å². The van der Waals surface area contributed by atoms with Gasteiger partial charge >= 0.3 is 0 Å². The molecule has 0 radical (unpaired) electrons. The largest absolute Gasteiger partial charge is 0.362 e. The fraction of sp³-hybridized carbons (Fsp3) is 0.348. The lowest BCUT2D eigenvalue weighted by Crippen LogP contribution is -2.39. The molecule has 1 atom stereocenters. The molecule has 2 aromatic heterocycles. The molecule has 0 bridgehead atoms. The molecule has 5 nitrogen and oxygen atoms in total. The van der Waals surface area contributed by atoms with Crippen molar-refractivity contribution in [2.75, 3.05) is 5.32 Å². The van der Waals surface area contributed by atoms with E-state index in [0.29, 0.717) is 17.8 Å². The van der Waals surface area contributed by atoms with E-state index in [9.17, 15) is 9.59 Å². The second-order valence-electron chi connectivity index (χ2n) is 8.62. The Hall–Kier alpha value is -2.73. The number of hydrogen-bond acceptors (Lipinski definition) is 5. The second kappa shape index (κ2) is 7.26. The van der Waals surface area contributed by atoms with E-state index in [4.69, 9.17) is 0 Å². The molecule has 0 fully saturated rings. The zero-order chi connectivity index (χ0) is 20.8. The van der Waals surface area contributed by atoms with Crippen LogP contribution in [-0.2, 0) is 9.59 Å². The first kappa shape index (κ1) is 19.6. The van der Waals surface area contributed by atoms with Crippen LogP contribution in [0.2, 0.25) is 0 Å². The Morgan fingerprint density at radius 1 is 1.24 bits per heavy atom. The highest BCUT2D eigenvalue weighted by Crippen LogP contribution is 2.47. The van der Waals surface area contributed by atoms with Crippen molar-refractivity contribution in [3.05, 3.63) is 68.8 Å². The maximum Gasteiger partial charge on any atom is 0.255 e. The quantitative estimate of drug-likeness (QED) is 0.774. The number of thiophene rings is 1. The Bertz CT molecular complexity index is 1030. The molecular formula is C23H25N3O2S. The molecule has 0 saturated carbocycles. The molecular weight excluding hydrogens is 382 g/mol. The third-order valence-corrected chi connectivity index (χ3v) is 6.40.